The summed E-state index contributed by atoms with van der Waals surface area (Å²) in [6.07, 6.45) is 1.58. The van der Waals surface area contributed by atoms with Crippen molar-refractivity contribution in [3.63, 3.8) is 0 Å². The Hall–Kier alpha value is -2.72. The first kappa shape index (κ1) is 17.1. The fourth-order valence-electron chi connectivity index (χ4n) is 2.53. The molecule has 1 atom stereocenters. The van der Waals surface area contributed by atoms with Crippen LogP contribution in [0.25, 0.3) is 11.4 Å². The van der Waals surface area contributed by atoms with Crippen LogP contribution in [0, 0.1) is 6.92 Å². The van der Waals surface area contributed by atoms with E-state index in [1.807, 2.05) is 68.4 Å². The number of hydrogen-bond acceptors (Lipinski definition) is 3. The standard InChI is InChI=1S/C20H18ClN3O/c1-13(15-8-10-17(21)11-9-15)24-20(25)18-12-22-19(23-14(18)2)16-6-4-3-5-7-16/h3-13H,1-2H3,(H,24,25). The largest absolute Gasteiger partial charge is 0.345 e. The van der Waals surface area contributed by atoms with Gasteiger partial charge in [-0.3, -0.25) is 4.79 Å². The second-order valence-electron chi connectivity index (χ2n) is 5.81. The van der Waals surface area contributed by atoms with Crippen LogP contribution in [0.3, 0.4) is 0 Å². The zero-order valence-electron chi connectivity index (χ0n) is 14.0. The molecule has 1 unspecified atom stereocenters. The highest BCUT2D eigenvalue weighted by Crippen LogP contribution is 2.18. The lowest BCUT2D eigenvalue weighted by molar-refractivity contribution is 0.0938. The van der Waals surface area contributed by atoms with Gasteiger partial charge in [0.1, 0.15) is 0 Å². The molecule has 0 saturated carbocycles. The van der Waals surface area contributed by atoms with Gasteiger partial charge in [-0.05, 0) is 31.5 Å². The van der Waals surface area contributed by atoms with Crippen LogP contribution in [0.2, 0.25) is 5.02 Å². The van der Waals surface area contributed by atoms with E-state index in [2.05, 4.69) is 15.3 Å². The number of aromatic nitrogens is 2. The van der Waals surface area contributed by atoms with E-state index >= 15 is 0 Å². The first-order chi connectivity index (χ1) is 12.0. The molecule has 0 fully saturated rings. The molecule has 1 N–H and O–H groups in total. The number of nitrogens with one attached hydrogen (secondary N) is 1. The summed E-state index contributed by atoms with van der Waals surface area (Å²) in [7, 11) is 0. The van der Waals surface area contributed by atoms with Crippen LogP contribution in [0.15, 0.2) is 60.8 Å². The summed E-state index contributed by atoms with van der Waals surface area (Å²) in [5.41, 5.74) is 3.03. The monoisotopic (exact) mass is 351 g/mol. The van der Waals surface area contributed by atoms with Crippen molar-refractivity contribution in [1.82, 2.24) is 15.3 Å². The Morgan fingerprint density at radius 1 is 1.08 bits per heavy atom. The molecule has 3 aromatic rings. The van der Waals surface area contributed by atoms with Crippen molar-refractivity contribution in [2.75, 3.05) is 0 Å². The lowest BCUT2D eigenvalue weighted by Crippen LogP contribution is -2.27. The Labute approximate surface area is 151 Å². The zero-order valence-corrected chi connectivity index (χ0v) is 14.8. The summed E-state index contributed by atoms with van der Waals surface area (Å²) in [6.45, 7) is 3.74. The molecular weight excluding hydrogens is 334 g/mol. The van der Waals surface area contributed by atoms with E-state index in [0.717, 1.165) is 11.1 Å². The predicted molar refractivity (Wildman–Crippen MR) is 99.5 cm³/mol. The molecule has 0 aliphatic carbocycles. The van der Waals surface area contributed by atoms with E-state index in [9.17, 15) is 4.79 Å². The molecule has 5 heteroatoms. The average Bonchev–Trinajstić information content (AvgIpc) is 2.62. The average molecular weight is 352 g/mol. The molecule has 0 spiro atoms. The van der Waals surface area contributed by atoms with Gasteiger partial charge < -0.3 is 5.32 Å². The lowest BCUT2D eigenvalue weighted by atomic mass is 10.1. The Morgan fingerprint density at radius 3 is 2.40 bits per heavy atom. The van der Waals surface area contributed by atoms with Gasteiger partial charge in [0.25, 0.3) is 5.91 Å². The molecule has 25 heavy (non-hydrogen) atoms. The van der Waals surface area contributed by atoms with Crippen molar-refractivity contribution >= 4 is 17.5 Å². The molecule has 0 radical (unpaired) electrons. The second kappa shape index (κ2) is 7.45. The van der Waals surface area contributed by atoms with Crippen LogP contribution in [-0.2, 0) is 0 Å². The third kappa shape index (κ3) is 4.03. The highest BCUT2D eigenvalue weighted by Gasteiger charge is 2.15. The minimum Gasteiger partial charge on any atom is -0.345 e. The highest BCUT2D eigenvalue weighted by molar-refractivity contribution is 6.30. The number of amides is 1. The van der Waals surface area contributed by atoms with Gasteiger partial charge in [0.05, 0.1) is 17.3 Å². The molecule has 0 aliphatic rings. The van der Waals surface area contributed by atoms with E-state index in [1.165, 1.54) is 0 Å². The number of hydrogen-bond donors (Lipinski definition) is 1. The van der Waals surface area contributed by atoms with Crippen molar-refractivity contribution in [2.45, 2.75) is 19.9 Å². The molecule has 0 saturated heterocycles. The predicted octanol–water partition coefficient (Wildman–Crippen LogP) is 4.60. The molecule has 0 bridgehead atoms. The van der Waals surface area contributed by atoms with Gasteiger partial charge in [-0.25, -0.2) is 9.97 Å². The van der Waals surface area contributed by atoms with Gasteiger partial charge in [0, 0.05) is 16.8 Å². The quantitative estimate of drug-likeness (QED) is 0.747. The maximum Gasteiger partial charge on any atom is 0.255 e. The number of rotatable bonds is 4. The molecule has 1 amide bonds. The van der Waals surface area contributed by atoms with Crippen molar-refractivity contribution in [2.24, 2.45) is 0 Å². The maximum absolute atomic E-state index is 12.5. The van der Waals surface area contributed by atoms with Crippen molar-refractivity contribution < 1.29 is 4.79 Å². The molecule has 3 rings (SSSR count). The van der Waals surface area contributed by atoms with Gasteiger partial charge in [-0.15, -0.1) is 0 Å². The van der Waals surface area contributed by atoms with E-state index in [1.54, 1.807) is 6.20 Å². The normalized spacial score (nSPS) is 11.8. The number of carbonyl (C=O) groups excluding carboxylic acids is 1. The molecule has 4 nitrogen and oxygen atoms in total. The highest BCUT2D eigenvalue weighted by atomic mass is 35.5. The van der Waals surface area contributed by atoms with Crippen LogP contribution in [-0.4, -0.2) is 15.9 Å². The van der Waals surface area contributed by atoms with Gasteiger partial charge in [-0.1, -0.05) is 54.1 Å². The van der Waals surface area contributed by atoms with Crippen LogP contribution in [0.4, 0.5) is 0 Å². The molecule has 0 aliphatic heterocycles. The Morgan fingerprint density at radius 2 is 1.76 bits per heavy atom. The van der Waals surface area contributed by atoms with Gasteiger partial charge in [-0.2, -0.15) is 0 Å². The SMILES string of the molecule is Cc1nc(-c2ccccc2)ncc1C(=O)NC(C)c1ccc(Cl)cc1. The third-order valence-electron chi connectivity index (χ3n) is 3.97. The van der Waals surface area contributed by atoms with Gasteiger partial charge >= 0.3 is 0 Å². The summed E-state index contributed by atoms with van der Waals surface area (Å²) in [4.78, 5) is 21.3. The fourth-order valence-corrected chi connectivity index (χ4v) is 2.65. The maximum atomic E-state index is 12.5. The minimum absolute atomic E-state index is 0.141. The Balaban J connectivity index is 1.77. The van der Waals surface area contributed by atoms with E-state index in [0.29, 0.717) is 22.1 Å². The molecule has 2 aromatic carbocycles. The first-order valence-electron chi connectivity index (χ1n) is 8.00. The topological polar surface area (TPSA) is 54.9 Å². The Bertz CT molecular complexity index is 879. The van der Waals surface area contributed by atoms with Gasteiger partial charge in [0.15, 0.2) is 5.82 Å². The number of carbonyl (C=O) groups is 1. The summed E-state index contributed by atoms with van der Waals surface area (Å²) < 4.78 is 0. The van der Waals surface area contributed by atoms with Crippen molar-refractivity contribution in [3.8, 4) is 11.4 Å². The summed E-state index contributed by atoms with van der Waals surface area (Å²) in [6, 6.07) is 17.0. The minimum atomic E-state index is -0.195. The van der Waals surface area contributed by atoms with Crippen LogP contribution >= 0.6 is 11.6 Å². The second-order valence-corrected chi connectivity index (χ2v) is 6.24. The first-order valence-corrected chi connectivity index (χ1v) is 8.38. The van der Waals surface area contributed by atoms with Gasteiger partial charge in [0.2, 0.25) is 0 Å². The van der Waals surface area contributed by atoms with Crippen LogP contribution in [0.5, 0.6) is 0 Å². The summed E-state index contributed by atoms with van der Waals surface area (Å²) in [5, 5.41) is 3.64. The number of halogens is 1. The number of benzene rings is 2. The number of aryl methyl sites for hydroxylation is 1. The molecule has 1 heterocycles. The van der Waals surface area contributed by atoms with Crippen LogP contribution < -0.4 is 5.32 Å². The molecule has 1 aromatic heterocycles. The van der Waals surface area contributed by atoms with E-state index in [4.69, 9.17) is 11.6 Å². The zero-order chi connectivity index (χ0) is 17.8. The molecule has 126 valence electrons. The fraction of sp³-hybridized carbons (Fsp3) is 0.150. The lowest BCUT2D eigenvalue weighted by Gasteiger charge is -2.15. The molecular formula is C20H18ClN3O. The van der Waals surface area contributed by atoms with E-state index in [-0.39, 0.29) is 11.9 Å². The van der Waals surface area contributed by atoms with Crippen LogP contribution in [0.1, 0.15) is 34.6 Å². The summed E-state index contributed by atoms with van der Waals surface area (Å²) in [5.74, 6) is 0.417. The summed E-state index contributed by atoms with van der Waals surface area (Å²) >= 11 is 5.90. The van der Waals surface area contributed by atoms with Crippen molar-refractivity contribution in [3.05, 3.63) is 82.6 Å². The van der Waals surface area contributed by atoms with E-state index < -0.39 is 0 Å². The smallest absolute Gasteiger partial charge is 0.255 e. The van der Waals surface area contributed by atoms with Crippen molar-refractivity contribution in [1.29, 1.82) is 0 Å². The Kier molecular flexibility index (Phi) is 5.10. The number of nitrogens with zero attached hydrogens (tertiary/aromatic N) is 2. The third-order valence-corrected chi connectivity index (χ3v) is 4.23.